The Bertz CT molecular complexity index is 1180. The van der Waals surface area contributed by atoms with Gasteiger partial charge in [-0.2, -0.15) is 0 Å². The number of aryl methyl sites for hydroxylation is 2. The highest BCUT2D eigenvalue weighted by molar-refractivity contribution is 6.25. The van der Waals surface area contributed by atoms with E-state index in [1.165, 1.54) is 11.1 Å². The Kier molecular flexibility index (Phi) is 15.4. The molecule has 0 aliphatic heterocycles. The van der Waals surface area contributed by atoms with Crippen molar-refractivity contribution in [3.05, 3.63) is 131 Å². The van der Waals surface area contributed by atoms with Crippen molar-refractivity contribution in [2.24, 2.45) is 0 Å². The van der Waals surface area contributed by atoms with Gasteiger partial charge in [0.1, 0.15) is 31.0 Å². The van der Waals surface area contributed by atoms with Crippen LogP contribution in [-0.4, -0.2) is 18.0 Å². The molecule has 0 radical (unpaired) electrons. The lowest BCUT2D eigenvalue weighted by atomic mass is 10.1. The Morgan fingerprint density at radius 3 is 1.55 bits per heavy atom. The maximum Gasteiger partial charge on any atom is 0.150 e. The lowest BCUT2D eigenvalue weighted by molar-refractivity contribution is 0.112. The van der Waals surface area contributed by atoms with Crippen molar-refractivity contribution < 1.29 is 14.3 Å². The zero-order chi connectivity index (χ0) is 27.4. The quantitative estimate of drug-likeness (QED) is 0.146. The van der Waals surface area contributed by atoms with Gasteiger partial charge in [0.2, 0.25) is 0 Å². The summed E-state index contributed by atoms with van der Waals surface area (Å²) >= 11 is 10.1. The summed E-state index contributed by atoms with van der Waals surface area (Å²) in [7, 11) is 0. The van der Waals surface area contributed by atoms with Gasteiger partial charge in [-0.05, 0) is 59.4 Å². The summed E-state index contributed by atoms with van der Waals surface area (Å²) in [4.78, 5) is 10.7. The van der Waals surface area contributed by atoms with Crippen LogP contribution in [-0.2, 0) is 26.1 Å². The van der Waals surface area contributed by atoms with E-state index in [-0.39, 0.29) is 0 Å². The molecule has 0 unspecified atom stereocenters. The highest BCUT2D eigenvalue weighted by Gasteiger charge is 2.04. The van der Waals surface area contributed by atoms with Gasteiger partial charge in [-0.25, -0.2) is 0 Å². The van der Waals surface area contributed by atoms with Gasteiger partial charge in [0, 0.05) is 17.3 Å². The van der Waals surface area contributed by atoms with E-state index in [2.05, 4.69) is 32.0 Å². The molecular weight excluding hydrogens is 515 g/mol. The molecule has 3 nitrogen and oxygen atoms in total. The van der Waals surface area contributed by atoms with Gasteiger partial charge in [-0.15, -0.1) is 23.2 Å². The average molecular weight is 552 g/mol. The number of alkyl halides is 2. The van der Waals surface area contributed by atoms with E-state index in [0.29, 0.717) is 30.5 Å². The molecule has 0 bridgehead atoms. The summed E-state index contributed by atoms with van der Waals surface area (Å²) in [6.45, 7) is 5.39. The maximum absolute atomic E-state index is 10.7. The fourth-order valence-corrected chi connectivity index (χ4v) is 3.50. The van der Waals surface area contributed by atoms with Crippen LogP contribution in [0.1, 0.15) is 46.5 Å². The summed E-state index contributed by atoms with van der Waals surface area (Å²) in [5.41, 5.74) is 5.36. The largest absolute Gasteiger partial charge is 0.489 e. The van der Waals surface area contributed by atoms with Gasteiger partial charge in [-0.1, -0.05) is 92.7 Å². The first-order valence-electron chi connectivity index (χ1n) is 12.8. The van der Waals surface area contributed by atoms with Crippen molar-refractivity contribution in [2.75, 3.05) is 11.8 Å². The van der Waals surface area contributed by atoms with Crippen LogP contribution in [0.25, 0.3) is 0 Å². The van der Waals surface area contributed by atoms with Gasteiger partial charge >= 0.3 is 0 Å². The Morgan fingerprint density at radius 1 is 0.605 bits per heavy atom. The molecule has 0 atom stereocenters. The summed E-state index contributed by atoms with van der Waals surface area (Å²) in [6, 6.07) is 34.0. The molecule has 0 aliphatic rings. The first-order valence-corrected chi connectivity index (χ1v) is 13.8. The van der Waals surface area contributed by atoms with Gasteiger partial charge in [0.15, 0.2) is 0 Å². The zero-order valence-corrected chi connectivity index (χ0v) is 23.6. The molecule has 0 aliphatic carbocycles. The Morgan fingerprint density at radius 2 is 1.08 bits per heavy atom. The molecule has 0 spiro atoms. The first kappa shape index (κ1) is 31.0. The Hall–Kier alpha value is -3.27. The highest BCUT2D eigenvalue weighted by Crippen LogP contribution is 2.22. The number of aldehydes is 1. The van der Waals surface area contributed by atoms with Crippen LogP contribution in [0.3, 0.4) is 0 Å². The van der Waals surface area contributed by atoms with E-state index in [4.69, 9.17) is 32.7 Å². The van der Waals surface area contributed by atoms with Crippen LogP contribution in [0, 0.1) is 0 Å². The van der Waals surface area contributed by atoms with Crippen LogP contribution in [0.5, 0.6) is 11.5 Å². The van der Waals surface area contributed by atoms with E-state index in [0.717, 1.165) is 41.8 Å². The van der Waals surface area contributed by atoms with Crippen molar-refractivity contribution in [2.45, 2.75) is 39.9 Å². The zero-order valence-electron chi connectivity index (χ0n) is 22.1. The maximum atomic E-state index is 10.7. The number of benzene rings is 4. The number of halogens is 2. The number of para-hydroxylation sites is 1. The van der Waals surface area contributed by atoms with Crippen molar-refractivity contribution in [1.82, 2.24) is 0 Å². The molecule has 4 rings (SSSR count). The minimum Gasteiger partial charge on any atom is -0.489 e. The number of carbonyl (C=O) groups excluding carboxylic acids is 1. The molecule has 0 fully saturated rings. The molecule has 4 aromatic rings. The third-order valence-corrected chi connectivity index (χ3v) is 6.07. The number of rotatable bonds is 10. The van der Waals surface area contributed by atoms with E-state index >= 15 is 0 Å². The Balaban J connectivity index is 0.000000235. The standard InChI is InChI=1S/C16H16O2.C15H16O.C2H4Cl2/c1-2-15-10-14(11-17)8-9-16(15)18-12-13-6-4-3-5-7-13;1-2-14-10-6-7-11-15(14)16-12-13-8-4-3-5-9-13;3-1-2-4/h3-11H,2,12H2,1H3;3-11H,2,12H2,1H3;1-2H2. The molecule has 5 heteroatoms. The van der Waals surface area contributed by atoms with Crippen molar-refractivity contribution >= 4 is 29.5 Å². The summed E-state index contributed by atoms with van der Waals surface area (Å²) < 4.78 is 11.6. The second-order valence-electron chi connectivity index (χ2n) is 8.23. The van der Waals surface area contributed by atoms with Crippen LogP contribution in [0.4, 0.5) is 0 Å². The van der Waals surface area contributed by atoms with Gasteiger partial charge in [-0.3, -0.25) is 4.79 Å². The SMILES string of the molecule is CCc1cc(C=O)ccc1OCc1ccccc1.CCc1ccccc1OCc1ccccc1.ClCCCl. The second kappa shape index (κ2) is 18.9. The Labute approximate surface area is 237 Å². The molecule has 38 heavy (non-hydrogen) atoms. The highest BCUT2D eigenvalue weighted by atomic mass is 35.5. The molecule has 0 saturated heterocycles. The number of ether oxygens (including phenoxy) is 2. The molecule has 0 N–H and O–H groups in total. The van der Waals surface area contributed by atoms with Crippen molar-refractivity contribution in [1.29, 1.82) is 0 Å². The lowest BCUT2D eigenvalue weighted by Gasteiger charge is -2.11. The average Bonchev–Trinajstić information content (AvgIpc) is 3.00. The van der Waals surface area contributed by atoms with Crippen LogP contribution in [0.2, 0.25) is 0 Å². The topological polar surface area (TPSA) is 35.5 Å². The monoisotopic (exact) mass is 550 g/mol. The van der Waals surface area contributed by atoms with Crippen LogP contribution in [0.15, 0.2) is 103 Å². The molecule has 4 aromatic carbocycles. The molecule has 0 amide bonds. The lowest BCUT2D eigenvalue weighted by Crippen LogP contribution is -1.98. The van der Waals surface area contributed by atoms with E-state index in [1.54, 1.807) is 6.07 Å². The molecule has 0 aromatic heterocycles. The van der Waals surface area contributed by atoms with E-state index < -0.39 is 0 Å². The van der Waals surface area contributed by atoms with Gasteiger partial charge < -0.3 is 9.47 Å². The van der Waals surface area contributed by atoms with Crippen molar-refractivity contribution in [3.8, 4) is 11.5 Å². The number of hydrogen-bond donors (Lipinski definition) is 0. The van der Waals surface area contributed by atoms with Crippen molar-refractivity contribution in [3.63, 3.8) is 0 Å². The third-order valence-electron chi connectivity index (χ3n) is 5.50. The number of carbonyl (C=O) groups is 1. The number of hydrogen-bond acceptors (Lipinski definition) is 3. The smallest absolute Gasteiger partial charge is 0.150 e. The predicted octanol–water partition coefficient (Wildman–Crippen LogP) is 8.93. The predicted molar refractivity (Wildman–Crippen MR) is 160 cm³/mol. The third kappa shape index (κ3) is 11.4. The minimum absolute atomic E-state index is 0.550. The molecule has 0 saturated carbocycles. The molecular formula is C33H36Cl2O3. The molecule has 0 heterocycles. The van der Waals surface area contributed by atoms with Gasteiger partial charge in [0.05, 0.1) is 0 Å². The first-order chi connectivity index (χ1) is 18.6. The molecule has 200 valence electrons. The summed E-state index contributed by atoms with van der Waals surface area (Å²) in [6.07, 6.45) is 2.72. The van der Waals surface area contributed by atoms with E-state index in [1.807, 2.05) is 78.9 Å². The van der Waals surface area contributed by atoms with Gasteiger partial charge in [0.25, 0.3) is 0 Å². The van der Waals surface area contributed by atoms with E-state index in [9.17, 15) is 4.79 Å². The fraction of sp³-hybridized carbons (Fsp3) is 0.242. The summed E-state index contributed by atoms with van der Waals surface area (Å²) in [5.74, 6) is 2.96. The minimum atomic E-state index is 0.550. The second-order valence-corrected chi connectivity index (χ2v) is 8.98. The summed E-state index contributed by atoms with van der Waals surface area (Å²) in [5, 5.41) is 0. The normalized spacial score (nSPS) is 9.79. The van der Waals surface area contributed by atoms with Crippen LogP contribution < -0.4 is 9.47 Å². The fourth-order valence-electron chi connectivity index (χ4n) is 3.50. The van der Waals surface area contributed by atoms with Crippen LogP contribution >= 0.6 is 23.2 Å².